The Labute approximate surface area is 149 Å². The van der Waals surface area contributed by atoms with E-state index in [4.69, 9.17) is 4.74 Å². The molecule has 1 aliphatic heterocycles. The molecule has 0 fully saturated rings. The highest BCUT2D eigenvalue weighted by molar-refractivity contribution is 7.89. The smallest absolute Gasteiger partial charge is 0.240 e. The maximum absolute atomic E-state index is 12.4. The quantitative estimate of drug-likeness (QED) is 0.824. The summed E-state index contributed by atoms with van der Waals surface area (Å²) in [6.45, 7) is 5.39. The lowest BCUT2D eigenvalue weighted by molar-refractivity contribution is 0.258. The van der Waals surface area contributed by atoms with E-state index in [2.05, 4.69) is 33.9 Å². The molecule has 0 amide bonds. The van der Waals surface area contributed by atoms with Gasteiger partial charge in [0.2, 0.25) is 10.0 Å². The molecule has 2 aromatic carbocycles. The monoisotopic (exact) mass is 360 g/mol. The molecule has 1 aliphatic rings. The van der Waals surface area contributed by atoms with Crippen molar-refractivity contribution in [3.05, 3.63) is 59.7 Å². The van der Waals surface area contributed by atoms with Crippen molar-refractivity contribution in [2.45, 2.75) is 24.8 Å². The van der Waals surface area contributed by atoms with E-state index in [1.807, 2.05) is 6.92 Å². The molecular weight excluding hydrogens is 336 g/mol. The summed E-state index contributed by atoms with van der Waals surface area (Å²) in [4.78, 5) is 2.54. The second-order valence-corrected chi connectivity index (χ2v) is 7.86. The van der Waals surface area contributed by atoms with Crippen molar-refractivity contribution >= 4 is 10.0 Å². The molecule has 0 aromatic heterocycles. The number of sulfonamides is 1. The molecule has 0 unspecified atom stereocenters. The summed E-state index contributed by atoms with van der Waals surface area (Å²) in [6, 6.07) is 14.9. The van der Waals surface area contributed by atoms with Gasteiger partial charge in [0, 0.05) is 26.2 Å². The van der Waals surface area contributed by atoms with Crippen LogP contribution in [0.3, 0.4) is 0 Å². The van der Waals surface area contributed by atoms with Crippen LogP contribution in [0, 0.1) is 0 Å². The van der Waals surface area contributed by atoms with E-state index in [1.165, 1.54) is 11.1 Å². The molecule has 1 heterocycles. The molecule has 2 aromatic rings. The van der Waals surface area contributed by atoms with Gasteiger partial charge in [-0.2, -0.15) is 0 Å². The maximum Gasteiger partial charge on any atom is 0.240 e. The highest BCUT2D eigenvalue weighted by Gasteiger charge is 2.17. The number of hydrogen-bond donors (Lipinski definition) is 1. The first-order valence-corrected chi connectivity index (χ1v) is 10.1. The number of nitrogens with one attached hydrogen (secondary N) is 1. The van der Waals surface area contributed by atoms with Crippen molar-refractivity contribution in [1.29, 1.82) is 0 Å². The van der Waals surface area contributed by atoms with Crippen LogP contribution in [0.1, 0.15) is 18.1 Å². The number of nitrogens with zero attached hydrogens (tertiary/aromatic N) is 1. The molecule has 25 heavy (non-hydrogen) atoms. The number of hydrogen-bond acceptors (Lipinski definition) is 4. The Bertz CT molecular complexity index is 804. The zero-order valence-electron chi connectivity index (χ0n) is 14.4. The second kappa shape index (κ2) is 7.99. The topological polar surface area (TPSA) is 58.6 Å². The van der Waals surface area contributed by atoms with Gasteiger partial charge in [-0.25, -0.2) is 13.1 Å². The fourth-order valence-corrected chi connectivity index (χ4v) is 4.07. The highest BCUT2D eigenvalue weighted by Crippen LogP contribution is 2.18. The number of fused-ring (bicyclic) bond motifs is 1. The van der Waals surface area contributed by atoms with Crippen LogP contribution < -0.4 is 9.46 Å². The third kappa shape index (κ3) is 4.60. The van der Waals surface area contributed by atoms with Crippen molar-refractivity contribution in [3.8, 4) is 5.75 Å². The van der Waals surface area contributed by atoms with Gasteiger partial charge < -0.3 is 4.74 Å². The Balaban J connectivity index is 1.53. The number of rotatable bonds is 7. The average molecular weight is 360 g/mol. The summed E-state index contributed by atoms with van der Waals surface area (Å²) >= 11 is 0. The summed E-state index contributed by atoms with van der Waals surface area (Å²) in [5.74, 6) is 0.674. The van der Waals surface area contributed by atoms with Crippen LogP contribution >= 0.6 is 0 Å². The number of benzene rings is 2. The first kappa shape index (κ1) is 17.9. The SMILES string of the molecule is CCOc1ccc(S(=O)(=O)NCCN2CCc3ccccc3C2)cc1. The van der Waals surface area contributed by atoms with Crippen LogP contribution in [0.2, 0.25) is 0 Å². The van der Waals surface area contributed by atoms with Crippen molar-refractivity contribution in [3.63, 3.8) is 0 Å². The third-order valence-electron chi connectivity index (χ3n) is 4.37. The fourth-order valence-electron chi connectivity index (χ4n) is 3.05. The molecule has 0 radical (unpaired) electrons. The first-order valence-electron chi connectivity index (χ1n) is 8.60. The largest absolute Gasteiger partial charge is 0.494 e. The average Bonchev–Trinajstić information content (AvgIpc) is 2.62. The van der Waals surface area contributed by atoms with Gasteiger partial charge in [0.1, 0.15) is 5.75 Å². The van der Waals surface area contributed by atoms with Crippen LogP contribution in [0.4, 0.5) is 0 Å². The summed E-state index contributed by atoms with van der Waals surface area (Å²) in [6.07, 6.45) is 1.02. The van der Waals surface area contributed by atoms with Gasteiger partial charge in [-0.1, -0.05) is 24.3 Å². The molecule has 1 N–H and O–H groups in total. The van der Waals surface area contributed by atoms with Crippen molar-refractivity contribution in [2.75, 3.05) is 26.2 Å². The van der Waals surface area contributed by atoms with Crippen LogP contribution in [-0.2, 0) is 23.0 Å². The van der Waals surface area contributed by atoms with Gasteiger partial charge >= 0.3 is 0 Å². The maximum atomic E-state index is 12.4. The van der Waals surface area contributed by atoms with Gasteiger partial charge in [0.25, 0.3) is 0 Å². The third-order valence-corrected chi connectivity index (χ3v) is 5.85. The van der Waals surface area contributed by atoms with Gasteiger partial charge in [-0.15, -0.1) is 0 Å². The van der Waals surface area contributed by atoms with Gasteiger partial charge in [-0.3, -0.25) is 4.90 Å². The lowest BCUT2D eigenvalue weighted by Crippen LogP contribution is -2.37. The predicted molar refractivity (Wildman–Crippen MR) is 98.2 cm³/mol. The first-order chi connectivity index (χ1) is 12.1. The van der Waals surface area contributed by atoms with Gasteiger partial charge in [0.05, 0.1) is 11.5 Å². The Morgan fingerprint density at radius 3 is 2.52 bits per heavy atom. The van der Waals surface area contributed by atoms with E-state index < -0.39 is 10.0 Å². The standard InChI is InChI=1S/C19H24N2O3S/c1-2-24-18-7-9-19(10-8-18)25(22,23)20-12-14-21-13-11-16-5-3-4-6-17(16)15-21/h3-10,20H,2,11-15H2,1H3. The molecule has 0 atom stereocenters. The summed E-state index contributed by atoms with van der Waals surface area (Å²) in [5, 5.41) is 0. The molecule has 134 valence electrons. The molecule has 0 aliphatic carbocycles. The molecule has 0 spiro atoms. The predicted octanol–water partition coefficient (Wildman–Crippen LogP) is 2.42. The van der Waals surface area contributed by atoms with Crippen LogP contribution in [0.5, 0.6) is 5.75 Å². The normalized spacial score (nSPS) is 14.9. The van der Waals surface area contributed by atoms with Crippen molar-refractivity contribution < 1.29 is 13.2 Å². The molecule has 0 saturated heterocycles. The minimum atomic E-state index is -3.49. The molecule has 0 bridgehead atoms. The Hall–Kier alpha value is -1.89. The van der Waals surface area contributed by atoms with E-state index in [0.29, 0.717) is 25.4 Å². The van der Waals surface area contributed by atoms with Crippen LogP contribution in [0.25, 0.3) is 0 Å². The minimum absolute atomic E-state index is 0.264. The van der Waals surface area contributed by atoms with Crippen LogP contribution in [-0.4, -0.2) is 39.6 Å². The van der Waals surface area contributed by atoms with Crippen molar-refractivity contribution in [1.82, 2.24) is 9.62 Å². The molecule has 3 rings (SSSR count). The fraction of sp³-hybridized carbons (Fsp3) is 0.368. The minimum Gasteiger partial charge on any atom is -0.494 e. The van der Waals surface area contributed by atoms with Crippen LogP contribution in [0.15, 0.2) is 53.4 Å². The second-order valence-electron chi connectivity index (χ2n) is 6.10. The molecule has 6 heteroatoms. The Morgan fingerprint density at radius 2 is 1.80 bits per heavy atom. The number of ether oxygens (including phenoxy) is 1. The van der Waals surface area contributed by atoms with Gasteiger partial charge in [0.15, 0.2) is 0 Å². The van der Waals surface area contributed by atoms with E-state index in [1.54, 1.807) is 24.3 Å². The van der Waals surface area contributed by atoms with E-state index in [-0.39, 0.29) is 4.90 Å². The Morgan fingerprint density at radius 1 is 1.08 bits per heavy atom. The zero-order chi connectivity index (χ0) is 17.7. The molecular formula is C19H24N2O3S. The zero-order valence-corrected chi connectivity index (χ0v) is 15.3. The highest BCUT2D eigenvalue weighted by atomic mass is 32.2. The molecule has 5 nitrogen and oxygen atoms in total. The van der Waals surface area contributed by atoms with Crippen molar-refractivity contribution in [2.24, 2.45) is 0 Å². The van der Waals surface area contributed by atoms with Gasteiger partial charge in [-0.05, 0) is 48.7 Å². The summed E-state index contributed by atoms with van der Waals surface area (Å²) in [7, 11) is -3.49. The Kier molecular flexibility index (Phi) is 5.73. The lowest BCUT2D eigenvalue weighted by atomic mass is 10.0. The summed E-state index contributed by atoms with van der Waals surface area (Å²) < 4.78 is 32.8. The summed E-state index contributed by atoms with van der Waals surface area (Å²) in [5.41, 5.74) is 2.73. The van der Waals surface area contributed by atoms with E-state index in [0.717, 1.165) is 19.5 Å². The van der Waals surface area contributed by atoms with E-state index >= 15 is 0 Å². The lowest BCUT2D eigenvalue weighted by Gasteiger charge is -2.28. The van der Waals surface area contributed by atoms with E-state index in [9.17, 15) is 8.42 Å². The molecule has 0 saturated carbocycles.